The van der Waals surface area contributed by atoms with Gasteiger partial charge in [-0.3, -0.25) is 4.79 Å². The van der Waals surface area contributed by atoms with Gasteiger partial charge in [-0.1, -0.05) is 26.7 Å². The minimum absolute atomic E-state index is 0.170. The molecule has 26 heavy (non-hydrogen) atoms. The molecule has 0 amide bonds. The molecule has 0 aromatic carbocycles. The molecule has 6 nitrogen and oxygen atoms in total. The van der Waals surface area contributed by atoms with Crippen molar-refractivity contribution >= 4 is 5.97 Å². The van der Waals surface area contributed by atoms with Gasteiger partial charge in [-0.15, -0.1) is 6.42 Å². The Bertz CT molecular complexity index is 445. The van der Waals surface area contributed by atoms with Gasteiger partial charge in [0.25, 0.3) is 0 Å². The molecule has 152 valence electrons. The Hall–Kier alpha value is -1.13. The van der Waals surface area contributed by atoms with Crippen molar-refractivity contribution in [2.45, 2.75) is 65.5 Å². The van der Waals surface area contributed by atoms with Crippen LogP contribution >= 0.6 is 0 Å². The summed E-state index contributed by atoms with van der Waals surface area (Å²) >= 11 is 0. The number of ether oxygens (including phenoxy) is 4. The molecule has 0 bridgehead atoms. The maximum absolute atomic E-state index is 11.7. The lowest BCUT2D eigenvalue weighted by molar-refractivity contribution is -0.156. The summed E-state index contributed by atoms with van der Waals surface area (Å²) in [5.41, 5.74) is 5.22. The Balaban J connectivity index is 4.31. The van der Waals surface area contributed by atoms with E-state index in [2.05, 4.69) is 26.7 Å². The zero-order valence-corrected chi connectivity index (χ0v) is 17.4. The highest BCUT2D eigenvalue weighted by atomic mass is 16.6. The standard InChI is InChI=1S/C20H37NO5/c1-8-11-23-14-20(21,16-25-13-10-18(2,3)4)15-24-12-9-17(22)26-19(5,6)7/h1H,9-16,21H2,2-7H3. The molecule has 0 saturated heterocycles. The van der Waals surface area contributed by atoms with E-state index in [1.807, 2.05) is 20.8 Å². The van der Waals surface area contributed by atoms with Crippen LogP contribution in [0.15, 0.2) is 0 Å². The van der Waals surface area contributed by atoms with Crippen LogP contribution in [0.1, 0.15) is 54.4 Å². The number of hydrogen-bond acceptors (Lipinski definition) is 6. The molecule has 0 aromatic rings. The van der Waals surface area contributed by atoms with Gasteiger partial charge < -0.3 is 24.7 Å². The number of rotatable bonds is 12. The van der Waals surface area contributed by atoms with Crippen molar-refractivity contribution in [2.75, 3.05) is 39.6 Å². The van der Waals surface area contributed by atoms with Gasteiger partial charge in [0.2, 0.25) is 0 Å². The summed E-state index contributed by atoms with van der Waals surface area (Å²) in [6, 6.07) is 0. The molecule has 1 atom stereocenters. The van der Waals surface area contributed by atoms with Crippen LogP contribution in [-0.4, -0.2) is 56.8 Å². The van der Waals surface area contributed by atoms with Gasteiger partial charge in [-0.2, -0.15) is 0 Å². The van der Waals surface area contributed by atoms with Crippen molar-refractivity contribution in [3.05, 3.63) is 0 Å². The molecular formula is C20H37NO5. The molecule has 0 fully saturated rings. The van der Waals surface area contributed by atoms with Crippen LogP contribution in [0.3, 0.4) is 0 Å². The average Bonchev–Trinajstić information content (AvgIpc) is 2.46. The fourth-order valence-corrected chi connectivity index (χ4v) is 1.92. The summed E-state index contributed by atoms with van der Waals surface area (Å²) in [7, 11) is 0. The summed E-state index contributed by atoms with van der Waals surface area (Å²) in [6.07, 6.45) is 6.30. The van der Waals surface area contributed by atoms with Crippen LogP contribution in [0.25, 0.3) is 0 Å². The molecule has 0 radical (unpaired) electrons. The van der Waals surface area contributed by atoms with Crippen molar-refractivity contribution in [1.29, 1.82) is 0 Å². The van der Waals surface area contributed by atoms with Crippen LogP contribution in [0, 0.1) is 17.8 Å². The topological polar surface area (TPSA) is 80.0 Å². The molecule has 1 unspecified atom stereocenters. The maximum Gasteiger partial charge on any atom is 0.308 e. The van der Waals surface area contributed by atoms with Gasteiger partial charge in [0.1, 0.15) is 12.2 Å². The molecule has 0 aliphatic heterocycles. The number of carbonyl (C=O) groups is 1. The van der Waals surface area contributed by atoms with Crippen molar-refractivity contribution in [2.24, 2.45) is 11.1 Å². The third-order valence-electron chi connectivity index (χ3n) is 3.22. The summed E-state index contributed by atoms with van der Waals surface area (Å²) in [5, 5.41) is 0. The molecule has 0 saturated carbocycles. The van der Waals surface area contributed by atoms with Crippen molar-refractivity contribution in [3.63, 3.8) is 0 Å². The van der Waals surface area contributed by atoms with E-state index in [-0.39, 0.29) is 44.2 Å². The van der Waals surface area contributed by atoms with Crippen molar-refractivity contribution in [3.8, 4) is 12.3 Å². The Morgan fingerprint density at radius 2 is 1.50 bits per heavy atom. The SMILES string of the molecule is C#CCOCC(N)(COCCC(=O)OC(C)(C)C)COCCC(C)(C)C. The van der Waals surface area contributed by atoms with Crippen molar-refractivity contribution in [1.82, 2.24) is 0 Å². The van der Waals surface area contributed by atoms with E-state index < -0.39 is 11.1 Å². The van der Waals surface area contributed by atoms with Crippen LogP contribution in [0.2, 0.25) is 0 Å². The first-order chi connectivity index (χ1) is 11.9. The minimum Gasteiger partial charge on any atom is -0.460 e. The van der Waals surface area contributed by atoms with Gasteiger partial charge >= 0.3 is 5.97 Å². The second-order valence-electron chi connectivity index (χ2n) is 8.81. The fraction of sp³-hybridized carbons (Fsp3) is 0.850. The number of hydrogen-bond donors (Lipinski definition) is 1. The number of carbonyl (C=O) groups excluding carboxylic acids is 1. The van der Waals surface area contributed by atoms with E-state index in [1.165, 1.54) is 0 Å². The first-order valence-corrected chi connectivity index (χ1v) is 9.04. The highest BCUT2D eigenvalue weighted by molar-refractivity contribution is 5.69. The number of terminal acetylenes is 1. The lowest BCUT2D eigenvalue weighted by Gasteiger charge is -2.29. The zero-order chi connectivity index (χ0) is 20.3. The predicted octanol–water partition coefficient (Wildman–Crippen LogP) is 2.53. The Labute approximate surface area is 159 Å². The second-order valence-corrected chi connectivity index (χ2v) is 8.81. The molecular weight excluding hydrogens is 334 g/mol. The molecule has 0 aliphatic rings. The van der Waals surface area contributed by atoms with E-state index in [1.54, 1.807) is 0 Å². The van der Waals surface area contributed by atoms with Gasteiger partial charge in [-0.05, 0) is 32.6 Å². The average molecular weight is 372 g/mol. The highest BCUT2D eigenvalue weighted by Gasteiger charge is 2.27. The zero-order valence-electron chi connectivity index (χ0n) is 17.4. The molecule has 0 aromatic heterocycles. The van der Waals surface area contributed by atoms with E-state index in [0.717, 1.165) is 6.42 Å². The van der Waals surface area contributed by atoms with Crippen LogP contribution < -0.4 is 5.73 Å². The van der Waals surface area contributed by atoms with Crippen LogP contribution in [-0.2, 0) is 23.7 Å². The van der Waals surface area contributed by atoms with E-state index in [4.69, 9.17) is 31.1 Å². The maximum atomic E-state index is 11.7. The summed E-state index contributed by atoms with van der Waals surface area (Å²) in [6.45, 7) is 13.7. The Kier molecular flexibility index (Phi) is 11.1. The third kappa shape index (κ3) is 15.2. The monoisotopic (exact) mass is 371 g/mol. The summed E-state index contributed by atoms with van der Waals surface area (Å²) in [4.78, 5) is 11.7. The largest absolute Gasteiger partial charge is 0.460 e. The molecule has 0 aliphatic carbocycles. The van der Waals surface area contributed by atoms with Gasteiger partial charge in [0, 0.05) is 6.61 Å². The fourth-order valence-electron chi connectivity index (χ4n) is 1.92. The molecule has 2 N–H and O–H groups in total. The van der Waals surface area contributed by atoms with Gasteiger partial charge in [-0.25, -0.2) is 0 Å². The van der Waals surface area contributed by atoms with Crippen molar-refractivity contribution < 1.29 is 23.7 Å². The predicted molar refractivity (Wildman–Crippen MR) is 103 cm³/mol. The molecule has 0 spiro atoms. The molecule has 0 heterocycles. The third-order valence-corrected chi connectivity index (χ3v) is 3.22. The first kappa shape index (κ1) is 24.9. The molecule has 6 heteroatoms. The second kappa shape index (κ2) is 11.6. The smallest absolute Gasteiger partial charge is 0.308 e. The van der Waals surface area contributed by atoms with Gasteiger partial charge in [0.05, 0.1) is 38.4 Å². The number of nitrogens with two attached hydrogens (primary N) is 1. The Morgan fingerprint density at radius 1 is 0.962 bits per heavy atom. The van der Waals surface area contributed by atoms with Gasteiger partial charge in [0.15, 0.2) is 0 Å². The lowest BCUT2D eigenvalue weighted by Crippen LogP contribution is -2.53. The summed E-state index contributed by atoms with van der Waals surface area (Å²) in [5.74, 6) is 2.11. The first-order valence-electron chi connectivity index (χ1n) is 9.04. The lowest BCUT2D eigenvalue weighted by atomic mass is 9.93. The van der Waals surface area contributed by atoms with Crippen LogP contribution in [0.5, 0.6) is 0 Å². The number of esters is 1. The van der Waals surface area contributed by atoms with E-state index in [0.29, 0.717) is 13.2 Å². The normalized spacial score (nSPS) is 14.5. The van der Waals surface area contributed by atoms with Crippen LogP contribution in [0.4, 0.5) is 0 Å². The Morgan fingerprint density at radius 3 is 2.00 bits per heavy atom. The highest BCUT2D eigenvalue weighted by Crippen LogP contribution is 2.18. The van der Waals surface area contributed by atoms with E-state index >= 15 is 0 Å². The molecule has 0 rings (SSSR count). The summed E-state index contributed by atoms with van der Waals surface area (Å²) < 4.78 is 21.9. The van der Waals surface area contributed by atoms with E-state index in [9.17, 15) is 4.79 Å². The quantitative estimate of drug-likeness (QED) is 0.323. The minimum atomic E-state index is -0.817.